The molecule has 1 fully saturated rings. The fraction of sp³-hybridized carbons (Fsp3) is 0.667. The van der Waals surface area contributed by atoms with Crippen molar-refractivity contribution >= 4 is 72.2 Å². The van der Waals surface area contributed by atoms with Gasteiger partial charge in [-0.05, 0) is 0 Å². The van der Waals surface area contributed by atoms with Crippen LogP contribution in [0.4, 0.5) is 0 Å². The molecule has 2 atom stereocenters. The second kappa shape index (κ2) is 13.8. The van der Waals surface area contributed by atoms with Gasteiger partial charge in [0.05, 0.1) is 0 Å². The molecule has 1 heterocycles. The monoisotopic (exact) mass is 484 g/mol. The summed E-state index contributed by atoms with van der Waals surface area (Å²) in [6.45, 7) is 10.9. The zero-order valence-electron chi connectivity index (χ0n) is 15.1. The van der Waals surface area contributed by atoms with Crippen LogP contribution in [0.1, 0.15) is 26.7 Å². The predicted octanol–water partition coefficient (Wildman–Crippen LogP) is 5.20. The molecule has 0 N–H and O–H groups in total. The van der Waals surface area contributed by atoms with Gasteiger partial charge in [-0.1, -0.05) is 0 Å². The van der Waals surface area contributed by atoms with Crippen molar-refractivity contribution < 1.29 is 9.59 Å². The van der Waals surface area contributed by atoms with E-state index in [1.807, 2.05) is 23.5 Å². The topological polar surface area (TPSA) is 34.1 Å². The molecule has 0 radical (unpaired) electrons. The fourth-order valence-electron chi connectivity index (χ4n) is 2.05. The van der Waals surface area contributed by atoms with Gasteiger partial charge >= 0.3 is 177 Å². The molecule has 0 saturated carbocycles. The summed E-state index contributed by atoms with van der Waals surface area (Å²) in [7, 11) is 0. The van der Waals surface area contributed by atoms with Crippen molar-refractivity contribution in [2.24, 2.45) is 0 Å². The van der Waals surface area contributed by atoms with Crippen molar-refractivity contribution in [1.29, 1.82) is 0 Å². The Hall–Kier alpha value is 0.739. The van der Waals surface area contributed by atoms with E-state index >= 15 is 0 Å². The normalized spacial score (nSPS) is 20.2. The second-order valence-electron chi connectivity index (χ2n) is 5.93. The summed E-state index contributed by atoms with van der Waals surface area (Å²) in [6.07, 6.45) is 2.67. The molecule has 0 spiro atoms. The number of hydrogen-bond acceptors (Lipinski definition) is 6. The summed E-state index contributed by atoms with van der Waals surface area (Å²) in [5.41, 5.74) is 1.30. The van der Waals surface area contributed by atoms with E-state index in [4.69, 9.17) is 0 Å². The molecule has 1 saturated heterocycles. The Kier molecular flexibility index (Phi) is 13.2. The first kappa shape index (κ1) is 23.8. The van der Waals surface area contributed by atoms with Gasteiger partial charge in [0.1, 0.15) is 0 Å². The summed E-state index contributed by atoms with van der Waals surface area (Å²) < 4.78 is 0. The number of hydrogen-bond donors (Lipinski definition) is 0. The Balaban J connectivity index is 2.00. The van der Waals surface area contributed by atoms with Gasteiger partial charge in [0.2, 0.25) is 0 Å². The van der Waals surface area contributed by atoms with Gasteiger partial charge < -0.3 is 0 Å². The van der Waals surface area contributed by atoms with Crippen LogP contribution < -0.4 is 0 Å². The quantitative estimate of drug-likeness (QED) is 0.228. The first-order chi connectivity index (χ1) is 11.9. The van der Waals surface area contributed by atoms with Gasteiger partial charge in [-0.2, -0.15) is 0 Å². The van der Waals surface area contributed by atoms with E-state index in [1.54, 1.807) is 13.8 Å². The SMILES string of the molecule is C=C(C)C(=O)SCCSCC1CCC(SCCSC(=O)C(=C)C)C[Se]1. The number of thioether (sulfide) groups is 4. The maximum absolute atomic E-state index is 11.5. The molecule has 0 aromatic heterocycles. The Bertz CT molecular complexity index is 474. The van der Waals surface area contributed by atoms with Crippen molar-refractivity contribution in [3.63, 3.8) is 0 Å². The average molecular weight is 484 g/mol. The van der Waals surface area contributed by atoms with E-state index in [-0.39, 0.29) is 10.2 Å². The van der Waals surface area contributed by atoms with Crippen LogP contribution in [-0.4, -0.2) is 59.2 Å². The number of rotatable bonds is 11. The number of carbonyl (C=O) groups is 2. The molecule has 142 valence electrons. The van der Waals surface area contributed by atoms with Crippen LogP contribution >= 0.6 is 47.0 Å². The van der Waals surface area contributed by atoms with E-state index in [1.165, 1.54) is 47.4 Å². The zero-order valence-corrected chi connectivity index (χ0v) is 20.1. The predicted molar refractivity (Wildman–Crippen MR) is 122 cm³/mol. The van der Waals surface area contributed by atoms with E-state index in [9.17, 15) is 9.59 Å². The van der Waals surface area contributed by atoms with Gasteiger partial charge in [0.15, 0.2) is 0 Å². The molecule has 1 rings (SSSR count). The van der Waals surface area contributed by atoms with Crippen molar-refractivity contribution in [1.82, 2.24) is 0 Å². The summed E-state index contributed by atoms with van der Waals surface area (Å²) in [5, 5.41) is 2.43. The first-order valence-corrected chi connectivity index (χ1v) is 14.7. The van der Waals surface area contributed by atoms with Crippen LogP contribution in [0.5, 0.6) is 0 Å². The Morgan fingerprint density at radius 1 is 0.960 bits per heavy atom. The Morgan fingerprint density at radius 3 is 2.08 bits per heavy atom. The Morgan fingerprint density at radius 2 is 1.56 bits per heavy atom. The molecular formula is C18H28O2S4Se. The van der Waals surface area contributed by atoms with E-state index in [2.05, 4.69) is 13.2 Å². The Labute approximate surface area is 176 Å². The molecule has 0 aliphatic carbocycles. The summed E-state index contributed by atoms with van der Waals surface area (Å²) >= 11 is 7.59. The third-order valence-corrected chi connectivity index (χ3v) is 12.5. The van der Waals surface area contributed by atoms with Crippen molar-refractivity contribution in [3.8, 4) is 0 Å². The van der Waals surface area contributed by atoms with Gasteiger partial charge in [0, 0.05) is 0 Å². The molecule has 2 unspecified atom stereocenters. The van der Waals surface area contributed by atoms with Crippen LogP contribution in [0.15, 0.2) is 24.3 Å². The summed E-state index contributed by atoms with van der Waals surface area (Å²) in [6, 6.07) is 0. The summed E-state index contributed by atoms with van der Waals surface area (Å²) in [4.78, 5) is 23.8. The van der Waals surface area contributed by atoms with Crippen LogP contribution in [0.25, 0.3) is 0 Å². The maximum atomic E-state index is 11.5. The standard InChI is InChI=1S/C18H28O2S4Se/c1-13(2)17(19)23-8-7-21-11-16-6-5-15(12-25-16)22-9-10-24-18(20)14(3)4/h15-16H,1,3,5-12H2,2,4H3. The van der Waals surface area contributed by atoms with Crippen LogP contribution in [0.3, 0.4) is 0 Å². The average Bonchev–Trinajstić information content (AvgIpc) is 2.58. The van der Waals surface area contributed by atoms with Crippen molar-refractivity contribution in [3.05, 3.63) is 24.3 Å². The molecule has 0 amide bonds. The summed E-state index contributed by atoms with van der Waals surface area (Å²) in [5.74, 6) is 5.18. The molecule has 0 aromatic carbocycles. The molecule has 0 aromatic rings. The number of carbonyl (C=O) groups excluding carboxylic acids is 2. The molecule has 1 aliphatic rings. The van der Waals surface area contributed by atoms with Crippen molar-refractivity contribution in [2.75, 3.05) is 28.8 Å². The minimum atomic E-state index is 0.130. The zero-order chi connectivity index (χ0) is 18.7. The van der Waals surface area contributed by atoms with Gasteiger partial charge in [-0.3, -0.25) is 0 Å². The van der Waals surface area contributed by atoms with Gasteiger partial charge in [-0.15, -0.1) is 0 Å². The molecule has 25 heavy (non-hydrogen) atoms. The molecule has 1 aliphatic heterocycles. The molecule has 2 nitrogen and oxygen atoms in total. The van der Waals surface area contributed by atoms with Crippen LogP contribution in [0, 0.1) is 0 Å². The first-order valence-electron chi connectivity index (χ1n) is 8.36. The second-order valence-corrected chi connectivity index (χ2v) is 13.4. The molecular weight excluding hydrogens is 455 g/mol. The minimum absolute atomic E-state index is 0.130. The molecule has 0 bridgehead atoms. The fourth-order valence-corrected chi connectivity index (χ4v) is 10.1. The van der Waals surface area contributed by atoms with Crippen LogP contribution in [-0.2, 0) is 9.59 Å². The molecule has 7 heteroatoms. The third kappa shape index (κ3) is 11.2. The van der Waals surface area contributed by atoms with E-state index < -0.39 is 0 Å². The third-order valence-electron chi connectivity index (χ3n) is 3.46. The van der Waals surface area contributed by atoms with Gasteiger partial charge in [0.25, 0.3) is 0 Å². The van der Waals surface area contributed by atoms with E-state index in [0.29, 0.717) is 11.1 Å². The van der Waals surface area contributed by atoms with Crippen LogP contribution in [0.2, 0.25) is 10.1 Å². The van der Waals surface area contributed by atoms with Crippen molar-refractivity contribution in [2.45, 2.75) is 42.1 Å². The van der Waals surface area contributed by atoms with E-state index in [0.717, 1.165) is 48.0 Å². The van der Waals surface area contributed by atoms with Gasteiger partial charge in [-0.25, -0.2) is 0 Å².